The first-order valence-electron chi connectivity index (χ1n) is 5.81. The van der Waals surface area contributed by atoms with E-state index in [9.17, 15) is 9.59 Å². The normalized spacial score (nSPS) is 12.1. The molecule has 0 saturated carbocycles. The number of nitrogens with two attached hydrogens (primary N) is 1. The second-order valence-electron chi connectivity index (χ2n) is 3.86. The maximum atomic E-state index is 11.4. The topological polar surface area (TPSA) is 102 Å². The van der Waals surface area contributed by atoms with Crippen molar-refractivity contribution < 1.29 is 19.4 Å². The Hall–Kier alpha value is -1.14. The third-order valence-corrected chi connectivity index (χ3v) is 2.37. The molecule has 1 unspecified atom stereocenters. The van der Waals surface area contributed by atoms with Gasteiger partial charge >= 0.3 is 5.97 Å². The summed E-state index contributed by atoms with van der Waals surface area (Å²) in [5, 5.41) is 11.2. The van der Waals surface area contributed by atoms with Crippen molar-refractivity contribution in [1.29, 1.82) is 0 Å². The van der Waals surface area contributed by atoms with E-state index in [1.807, 2.05) is 0 Å². The molecular weight excluding hydrogens is 224 g/mol. The first kappa shape index (κ1) is 15.9. The molecule has 17 heavy (non-hydrogen) atoms. The molecule has 6 nitrogen and oxygen atoms in total. The molecule has 0 radical (unpaired) electrons. The first-order chi connectivity index (χ1) is 8.10. The number of carbonyl (C=O) groups is 2. The molecule has 0 aliphatic heterocycles. The van der Waals surface area contributed by atoms with Crippen molar-refractivity contribution in [2.45, 2.75) is 38.2 Å². The number of carbonyl (C=O) groups excluding carboxylic acids is 1. The smallest absolute Gasteiger partial charge is 0.306 e. The highest BCUT2D eigenvalue weighted by molar-refractivity contribution is 5.76. The summed E-state index contributed by atoms with van der Waals surface area (Å²) in [4.78, 5) is 21.8. The molecule has 0 aliphatic carbocycles. The van der Waals surface area contributed by atoms with Crippen LogP contribution >= 0.6 is 0 Å². The number of unbranched alkanes of at least 4 members (excludes halogenated alkanes) is 2. The molecule has 0 rings (SSSR count). The summed E-state index contributed by atoms with van der Waals surface area (Å²) in [5.41, 5.74) is 5.34. The number of carboxylic acid groups (broad SMARTS) is 1. The molecule has 0 spiro atoms. The number of rotatable bonds is 10. The van der Waals surface area contributed by atoms with Gasteiger partial charge in [0.05, 0.1) is 12.5 Å². The first-order valence-corrected chi connectivity index (χ1v) is 5.81. The van der Waals surface area contributed by atoms with Crippen molar-refractivity contribution in [3.63, 3.8) is 0 Å². The Morgan fingerprint density at radius 2 is 2.06 bits per heavy atom. The van der Waals surface area contributed by atoms with Gasteiger partial charge in [0.15, 0.2) is 0 Å². The van der Waals surface area contributed by atoms with E-state index in [1.165, 1.54) is 7.11 Å². The minimum Gasteiger partial charge on any atom is -0.481 e. The van der Waals surface area contributed by atoms with Gasteiger partial charge in [0.2, 0.25) is 5.91 Å². The van der Waals surface area contributed by atoms with E-state index in [0.29, 0.717) is 13.0 Å². The zero-order valence-corrected chi connectivity index (χ0v) is 10.3. The van der Waals surface area contributed by atoms with E-state index in [0.717, 1.165) is 19.3 Å². The van der Waals surface area contributed by atoms with E-state index in [4.69, 9.17) is 15.6 Å². The van der Waals surface area contributed by atoms with Gasteiger partial charge in [-0.25, -0.2) is 0 Å². The Kier molecular flexibility index (Phi) is 9.37. The van der Waals surface area contributed by atoms with Crippen molar-refractivity contribution in [1.82, 2.24) is 5.32 Å². The van der Waals surface area contributed by atoms with Gasteiger partial charge in [0, 0.05) is 20.1 Å². The van der Waals surface area contributed by atoms with E-state index >= 15 is 0 Å². The molecule has 0 aromatic heterocycles. The van der Waals surface area contributed by atoms with Gasteiger partial charge in [-0.05, 0) is 19.4 Å². The Labute approximate surface area is 102 Å². The lowest BCUT2D eigenvalue weighted by molar-refractivity contribution is -0.140. The average molecular weight is 246 g/mol. The molecule has 4 N–H and O–H groups in total. The number of hydrogen-bond acceptors (Lipinski definition) is 4. The van der Waals surface area contributed by atoms with Crippen LogP contribution < -0.4 is 11.1 Å². The average Bonchev–Trinajstić information content (AvgIpc) is 2.29. The van der Waals surface area contributed by atoms with Crippen LogP contribution in [0.3, 0.4) is 0 Å². The number of nitrogens with one attached hydrogen (secondary N) is 1. The second kappa shape index (κ2) is 10.0. The zero-order chi connectivity index (χ0) is 13.1. The van der Waals surface area contributed by atoms with Crippen molar-refractivity contribution in [2.24, 2.45) is 5.73 Å². The van der Waals surface area contributed by atoms with Gasteiger partial charge in [-0.3, -0.25) is 9.59 Å². The second-order valence-corrected chi connectivity index (χ2v) is 3.86. The summed E-state index contributed by atoms with van der Waals surface area (Å²) in [6.45, 7) is 0.879. The van der Waals surface area contributed by atoms with Crippen LogP contribution in [0.25, 0.3) is 0 Å². The Morgan fingerprint density at radius 3 is 2.59 bits per heavy atom. The van der Waals surface area contributed by atoms with Crippen LogP contribution in [0.1, 0.15) is 32.1 Å². The number of aliphatic carboxylic acids is 1. The van der Waals surface area contributed by atoms with E-state index < -0.39 is 12.1 Å². The van der Waals surface area contributed by atoms with Gasteiger partial charge in [-0.2, -0.15) is 0 Å². The molecule has 0 fully saturated rings. The van der Waals surface area contributed by atoms with Crippen molar-refractivity contribution in [3.05, 3.63) is 0 Å². The van der Waals surface area contributed by atoms with Gasteiger partial charge in [0.25, 0.3) is 0 Å². The van der Waals surface area contributed by atoms with Crippen molar-refractivity contribution in [2.75, 3.05) is 20.2 Å². The Morgan fingerprint density at radius 1 is 1.35 bits per heavy atom. The maximum Gasteiger partial charge on any atom is 0.306 e. The number of amides is 1. The summed E-state index contributed by atoms with van der Waals surface area (Å²) >= 11 is 0. The van der Waals surface area contributed by atoms with Crippen LogP contribution in [0.5, 0.6) is 0 Å². The van der Waals surface area contributed by atoms with Gasteiger partial charge in [-0.15, -0.1) is 0 Å². The zero-order valence-electron chi connectivity index (χ0n) is 10.3. The highest BCUT2D eigenvalue weighted by Crippen LogP contribution is 1.99. The van der Waals surface area contributed by atoms with Crippen LogP contribution in [-0.4, -0.2) is 43.3 Å². The molecular formula is C11H22N2O4. The van der Waals surface area contributed by atoms with Crippen LogP contribution in [0.15, 0.2) is 0 Å². The van der Waals surface area contributed by atoms with Crippen LogP contribution in [0.2, 0.25) is 0 Å². The summed E-state index contributed by atoms with van der Waals surface area (Å²) < 4.78 is 4.94. The third-order valence-electron chi connectivity index (χ3n) is 2.37. The molecule has 1 amide bonds. The lowest BCUT2D eigenvalue weighted by atomic mass is 10.2. The summed E-state index contributed by atoms with van der Waals surface area (Å²) in [6, 6.07) is 0. The lowest BCUT2D eigenvalue weighted by Gasteiger charge is -2.13. The van der Waals surface area contributed by atoms with E-state index in [2.05, 4.69) is 5.32 Å². The van der Waals surface area contributed by atoms with Crippen molar-refractivity contribution >= 4 is 11.9 Å². The number of ether oxygens (including phenoxy) is 1. The fourth-order valence-electron chi connectivity index (χ4n) is 1.36. The predicted molar refractivity (Wildman–Crippen MR) is 63.6 cm³/mol. The van der Waals surface area contributed by atoms with Crippen LogP contribution in [0, 0.1) is 0 Å². The predicted octanol–water partition coefficient (Wildman–Crippen LogP) is 0.111. The molecule has 0 aromatic carbocycles. The highest BCUT2D eigenvalue weighted by atomic mass is 16.5. The summed E-state index contributed by atoms with van der Waals surface area (Å²) in [5.74, 6) is -1.01. The molecule has 0 aliphatic rings. The SMILES string of the molecule is COC(CNC(=O)CCCCCN)CC(=O)O. The Bertz CT molecular complexity index is 234. The quantitative estimate of drug-likeness (QED) is 0.475. The molecule has 0 bridgehead atoms. The molecule has 0 saturated heterocycles. The van der Waals surface area contributed by atoms with Gasteiger partial charge in [-0.1, -0.05) is 6.42 Å². The van der Waals surface area contributed by atoms with Crippen LogP contribution in [0.4, 0.5) is 0 Å². The third kappa shape index (κ3) is 9.77. The maximum absolute atomic E-state index is 11.4. The summed E-state index contributed by atoms with van der Waals surface area (Å²) in [7, 11) is 1.43. The fourth-order valence-corrected chi connectivity index (χ4v) is 1.36. The number of carboxylic acids is 1. The fraction of sp³-hybridized carbons (Fsp3) is 0.818. The molecule has 0 aromatic rings. The standard InChI is InChI=1S/C11H22N2O4/c1-17-9(7-11(15)16)8-13-10(14)5-3-2-4-6-12/h9H,2-8,12H2,1H3,(H,13,14)(H,15,16). The van der Waals surface area contributed by atoms with Crippen LogP contribution in [-0.2, 0) is 14.3 Å². The number of hydrogen-bond donors (Lipinski definition) is 3. The summed E-state index contributed by atoms with van der Waals surface area (Å²) in [6.07, 6.45) is 2.53. The minimum absolute atomic E-state index is 0.0746. The molecule has 100 valence electrons. The molecule has 1 atom stereocenters. The number of methoxy groups -OCH3 is 1. The largest absolute Gasteiger partial charge is 0.481 e. The Balaban J connectivity index is 3.62. The van der Waals surface area contributed by atoms with Crippen molar-refractivity contribution in [3.8, 4) is 0 Å². The van der Waals surface area contributed by atoms with Gasteiger partial charge < -0.3 is 20.9 Å². The highest BCUT2D eigenvalue weighted by Gasteiger charge is 2.13. The lowest BCUT2D eigenvalue weighted by Crippen LogP contribution is -2.34. The van der Waals surface area contributed by atoms with E-state index in [1.54, 1.807) is 0 Å². The van der Waals surface area contributed by atoms with Gasteiger partial charge in [0.1, 0.15) is 0 Å². The molecule has 0 heterocycles. The van der Waals surface area contributed by atoms with E-state index in [-0.39, 0.29) is 18.9 Å². The minimum atomic E-state index is -0.936. The monoisotopic (exact) mass is 246 g/mol. The molecule has 6 heteroatoms.